The van der Waals surface area contributed by atoms with Crippen LogP contribution in [0.5, 0.6) is 17.2 Å². The summed E-state index contributed by atoms with van der Waals surface area (Å²) in [6.07, 6.45) is 1.80. The highest BCUT2D eigenvalue weighted by Gasteiger charge is 2.34. The second kappa shape index (κ2) is 16.9. The number of rotatable bonds is 12. The summed E-state index contributed by atoms with van der Waals surface area (Å²) in [4.78, 5) is 44.4. The van der Waals surface area contributed by atoms with Crippen LogP contribution in [-0.4, -0.2) is 43.4 Å². The van der Waals surface area contributed by atoms with E-state index in [2.05, 4.69) is 54.9 Å². The summed E-state index contributed by atoms with van der Waals surface area (Å²) < 4.78 is 31.4. The van der Waals surface area contributed by atoms with E-state index in [0.717, 1.165) is 18.3 Å². The van der Waals surface area contributed by atoms with Crippen molar-refractivity contribution in [3.63, 3.8) is 0 Å². The Morgan fingerprint density at radius 2 is 1.70 bits per heavy atom. The molecule has 10 nitrogen and oxygen atoms in total. The van der Waals surface area contributed by atoms with E-state index in [-0.39, 0.29) is 24.3 Å². The van der Waals surface area contributed by atoms with Crippen molar-refractivity contribution in [1.82, 2.24) is 4.57 Å². The predicted molar refractivity (Wildman–Crippen MR) is 208 cm³/mol. The Labute approximate surface area is 328 Å². The lowest BCUT2D eigenvalue weighted by Crippen LogP contribution is -2.40. The van der Waals surface area contributed by atoms with Gasteiger partial charge >= 0.3 is 11.9 Å². The van der Waals surface area contributed by atoms with Crippen LogP contribution in [0, 0.1) is 7.14 Å². The van der Waals surface area contributed by atoms with Gasteiger partial charge in [0.05, 0.1) is 59.4 Å². The number of methoxy groups -OCH3 is 1. The van der Waals surface area contributed by atoms with Gasteiger partial charge in [-0.3, -0.25) is 9.36 Å². The number of allylic oxidation sites excluding steroid dienone is 1. The number of hydrogen-bond acceptors (Lipinski definition) is 10. The number of aromatic nitrogens is 1. The van der Waals surface area contributed by atoms with Crippen LogP contribution < -0.4 is 29.1 Å². The van der Waals surface area contributed by atoms with Gasteiger partial charge in [-0.25, -0.2) is 14.6 Å². The van der Waals surface area contributed by atoms with Gasteiger partial charge < -0.3 is 23.7 Å². The number of benzene rings is 3. The third-order valence-corrected chi connectivity index (χ3v) is 10.7. The number of hydrogen-bond donors (Lipinski definition) is 0. The molecule has 4 aromatic rings. The Hall–Kier alpha value is -3.12. The largest absolute Gasteiger partial charge is 0.490 e. The molecule has 0 unspecified atom stereocenters. The second-order valence-electron chi connectivity index (χ2n) is 10.7. The SMILES string of the molecule is CCOC(=O)C1=C(C)N=c2s/c(=C/c3cc(I)c(OCc4ccc(Cl)c(Cl)c4)c(I)c3)c(=O)n2[C@H]1c1ccc(OCC(=O)OC)c(OCC)c1. The van der Waals surface area contributed by atoms with Crippen molar-refractivity contribution in [3.8, 4) is 17.2 Å². The highest BCUT2D eigenvalue weighted by atomic mass is 127. The topological polar surface area (TPSA) is 115 Å². The maximum Gasteiger partial charge on any atom is 0.343 e. The minimum absolute atomic E-state index is 0.141. The molecule has 0 N–H and O–H groups in total. The normalized spacial score (nSPS) is 14.2. The van der Waals surface area contributed by atoms with Crippen LogP contribution in [0.3, 0.4) is 0 Å². The number of carbonyl (C=O) groups excluding carboxylic acids is 2. The molecule has 0 bridgehead atoms. The van der Waals surface area contributed by atoms with Gasteiger partial charge in [-0.05, 0) is 125 Å². The Morgan fingerprint density at radius 1 is 0.960 bits per heavy atom. The zero-order chi connectivity index (χ0) is 36.1. The molecule has 0 radical (unpaired) electrons. The molecule has 0 aliphatic carbocycles. The fourth-order valence-electron chi connectivity index (χ4n) is 5.12. The first-order valence-corrected chi connectivity index (χ1v) is 18.9. The molecule has 1 aromatic heterocycles. The van der Waals surface area contributed by atoms with E-state index in [1.807, 2.05) is 25.1 Å². The van der Waals surface area contributed by atoms with Crippen LogP contribution in [0.4, 0.5) is 0 Å². The molecule has 0 saturated heterocycles. The number of carbonyl (C=O) groups is 2. The minimum Gasteiger partial charge on any atom is -0.490 e. The Bertz CT molecular complexity index is 2160. The molecular weight excluding hydrogens is 933 g/mol. The molecule has 1 atom stereocenters. The van der Waals surface area contributed by atoms with Gasteiger partial charge in [0.1, 0.15) is 12.4 Å². The zero-order valence-corrected chi connectivity index (χ0v) is 33.8. The summed E-state index contributed by atoms with van der Waals surface area (Å²) in [6, 6.07) is 13.4. The third kappa shape index (κ3) is 8.49. The predicted octanol–water partition coefficient (Wildman–Crippen LogP) is 6.84. The number of ether oxygens (including phenoxy) is 5. The van der Waals surface area contributed by atoms with Crippen LogP contribution >= 0.6 is 79.7 Å². The van der Waals surface area contributed by atoms with E-state index in [1.165, 1.54) is 23.0 Å². The maximum absolute atomic E-state index is 14.2. The number of esters is 2. The molecule has 0 saturated carbocycles. The lowest BCUT2D eigenvalue weighted by molar-refractivity contribution is -0.143. The Balaban J connectivity index is 1.56. The van der Waals surface area contributed by atoms with Gasteiger partial charge in [0.15, 0.2) is 22.9 Å². The first-order valence-electron chi connectivity index (χ1n) is 15.2. The van der Waals surface area contributed by atoms with Crippen molar-refractivity contribution >= 4 is 97.7 Å². The monoisotopic (exact) mass is 962 g/mol. The molecule has 5 rings (SSSR count). The molecule has 0 fully saturated rings. The molecular formula is C35H30Cl2I2N2O8S. The summed E-state index contributed by atoms with van der Waals surface area (Å²) in [6.45, 7) is 5.66. The van der Waals surface area contributed by atoms with Gasteiger partial charge in [0, 0.05) is 0 Å². The Kier molecular flexibility index (Phi) is 12.9. The van der Waals surface area contributed by atoms with Crippen LogP contribution in [-0.2, 0) is 25.7 Å². The van der Waals surface area contributed by atoms with Gasteiger partial charge in [-0.1, -0.05) is 46.7 Å². The number of fused-ring (bicyclic) bond motifs is 1. The van der Waals surface area contributed by atoms with Crippen LogP contribution in [0.25, 0.3) is 6.08 Å². The minimum atomic E-state index is -0.876. The summed E-state index contributed by atoms with van der Waals surface area (Å²) in [5, 5.41) is 0.931. The smallest absolute Gasteiger partial charge is 0.343 e. The maximum atomic E-state index is 14.2. The number of nitrogens with zero attached hydrogens (tertiary/aromatic N) is 2. The molecule has 3 aromatic carbocycles. The van der Waals surface area contributed by atoms with Crippen molar-refractivity contribution in [2.24, 2.45) is 4.99 Å². The van der Waals surface area contributed by atoms with E-state index < -0.39 is 18.0 Å². The van der Waals surface area contributed by atoms with Gasteiger partial charge in [0.25, 0.3) is 5.56 Å². The van der Waals surface area contributed by atoms with Crippen molar-refractivity contribution < 1.29 is 33.3 Å². The van der Waals surface area contributed by atoms with Crippen LogP contribution in [0.15, 0.2) is 69.6 Å². The van der Waals surface area contributed by atoms with Gasteiger partial charge in [0.2, 0.25) is 0 Å². The first-order chi connectivity index (χ1) is 23.9. The molecule has 50 heavy (non-hydrogen) atoms. The van der Waals surface area contributed by atoms with E-state index in [0.29, 0.717) is 61.1 Å². The zero-order valence-electron chi connectivity index (χ0n) is 27.2. The molecule has 1 aliphatic rings. The van der Waals surface area contributed by atoms with Crippen LogP contribution in [0.2, 0.25) is 10.0 Å². The summed E-state index contributed by atoms with van der Waals surface area (Å²) in [5.41, 5.74) is 2.55. The number of thiazole rings is 1. The average Bonchev–Trinajstić information content (AvgIpc) is 3.38. The van der Waals surface area contributed by atoms with E-state index >= 15 is 0 Å². The molecule has 0 spiro atoms. The van der Waals surface area contributed by atoms with E-state index in [1.54, 1.807) is 50.3 Å². The molecule has 0 amide bonds. The lowest BCUT2D eigenvalue weighted by Gasteiger charge is -2.25. The average molecular weight is 963 g/mol. The standard InChI is InChI=1S/C35H30Cl2I2N2O8S/c1-5-46-27-15-21(8-10-26(27)48-17-29(42)45-4)31-30(34(44)47-6-2)18(3)40-35-41(31)33(43)28(50-35)14-20-12-24(38)32(25(39)13-20)49-16-19-7-9-22(36)23(37)11-19/h7-15,31H,5-6,16-17H2,1-4H3/b28-14+/t31-/m0/s1. The fourth-order valence-corrected chi connectivity index (χ4v) is 8.62. The molecule has 1 aliphatic heterocycles. The highest BCUT2D eigenvalue weighted by molar-refractivity contribution is 14.1. The quantitative estimate of drug-likeness (QED) is 0.112. The highest BCUT2D eigenvalue weighted by Crippen LogP contribution is 2.37. The summed E-state index contributed by atoms with van der Waals surface area (Å²) >= 11 is 17.9. The summed E-state index contributed by atoms with van der Waals surface area (Å²) in [5.74, 6) is 0.203. The second-order valence-corrected chi connectivity index (χ2v) is 14.8. The van der Waals surface area contributed by atoms with Gasteiger partial charge in [-0.15, -0.1) is 0 Å². The van der Waals surface area contributed by atoms with Crippen LogP contribution in [0.1, 0.15) is 43.5 Å². The molecule has 262 valence electrons. The first kappa shape index (κ1) is 38.1. The molecule has 2 heterocycles. The molecule has 15 heteroatoms. The van der Waals surface area contributed by atoms with Crippen molar-refractivity contribution in [2.75, 3.05) is 26.9 Å². The Morgan fingerprint density at radius 3 is 2.36 bits per heavy atom. The third-order valence-electron chi connectivity index (χ3n) is 7.36. The van der Waals surface area contributed by atoms with Gasteiger partial charge in [-0.2, -0.15) is 0 Å². The van der Waals surface area contributed by atoms with Crippen molar-refractivity contribution in [2.45, 2.75) is 33.4 Å². The lowest BCUT2D eigenvalue weighted by atomic mass is 9.95. The van der Waals surface area contributed by atoms with Crippen molar-refractivity contribution in [3.05, 3.63) is 113 Å². The van der Waals surface area contributed by atoms with E-state index in [4.69, 9.17) is 42.1 Å². The van der Waals surface area contributed by atoms with E-state index in [9.17, 15) is 14.4 Å². The summed E-state index contributed by atoms with van der Waals surface area (Å²) in [7, 11) is 1.27. The number of halogens is 4. The fraction of sp³-hybridized carbons (Fsp3) is 0.257. The van der Waals surface area contributed by atoms with Crippen molar-refractivity contribution in [1.29, 1.82) is 0 Å².